The van der Waals surface area contributed by atoms with E-state index in [2.05, 4.69) is 20.6 Å². The Hall–Kier alpha value is -2.18. The number of benzene rings is 1. The molecule has 2 N–H and O–H groups in total. The van der Waals surface area contributed by atoms with Gasteiger partial charge < -0.3 is 10.6 Å². The van der Waals surface area contributed by atoms with Crippen molar-refractivity contribution in [1.82, 2.24) is 19.9 Å². The molecule has 0 saturated heterocycles. The normalized spacial score (nSPS) is 13.0. The van der Waals surface area contributed by atoms with Crippen molar-refractivity contribution in [2.45, 2.75) is 31.1 Å². The zero-order valence-corrected chi connectivity index (χ0v) is 17.7. The third-order valence-corrected chi connectivity index (χ3v) is 6.50. The van der Waals surface area contributed by atoms with Gasteiger partial charge >= 0.3 is 6.18 Å². The van der Waals surface area contributed by atoms with E-state index in [1.807, 2.05) is 6.92 Å². The molecule has 29 heavy (non-hydrogen) atoms. The monoisotopic (exact) mass is 449 g/mol. The van der Waals surface area contributed by atoms with E-state index in [1.165, 1.54) is 20.2 Å². The highest BCUT2D eigenvalue weighted by Crippen LogP contribution is 2.29. The quantitative estimate of drug-likeness (QED) is 0.501. The highest BCUT2D eigenvalue weighted by atomic mass is 32.2. The minimum Gasteiger partial charge on any atom is -0.357 e. The Morgan fingerprint density at radius 1 is 1.24 bits per heavy atom. The van der Waals surface area contributed by atoms with Gasteiger partial charge in [0, 0.05) is 26.0 Å². The molecule has 0 bridgehead atoms. The molecule has 7 nitrogen and oxygen atoms in total. The first kappa shape index (κ1) is 23.1. The Bertz CT molecular complexity index is 956. The molecular formula is C17H22F3N5O2S2. The molecule has 0 aliphatic heterocycles. The summed E-state index contributed by atoms with van der Waals surface area (Å²) in [7, 11) is -0.729. The molecule has 1 heterocycles. The maximum absolute atomic E-state index is 12.7. The van der Waals surface area contributed by atoms with Crippen LogP contribution < -0.4 is 10.6 Å². The SMILES string of the molecule is CCNC(=NCc1ccccc1S(=O)(=O)N(C)C)NCc1nc(C(F)(F)F)cs1. The van der Waals surface area contributed by atoms with Crippen LogP contribution >= 0.6 is 11.3 Å². The summed E-state index contributed by atoms with van der Waals surface area (Å²) >= 11 is 0.899. The van der Waals surface area contributed by atoms with Gasteiger partial charge in [-0.3, -0.25) is 0 Å². The number of guanidine groups is 1. The molecule has 0 aliphatic rings. The molecular weight excluding hydrogens is 427 g/mol. The van der Waals surface area contributed by atoms with Crippen LogP contribution in [0, 0.1) is 0 Å². The predicted octanol–water partition coefficient (Wildman–Crippen LogP) is 2.67. The van der Waals surface area contributed by atoms with Crippen molar-refractivity contribution in [2.75, 3.05) is 20.6 Å². The fraction of sp³-hybridized carbons (Fsp3) is 0.412. The topological polar surface area (TPSA) is 86.7 Å². The largest absolute Gasteiger partial charge is 0.434 e. The molecule has 1 aromatic carbocycles. The van der Waals surface area contributed by atoms with Crippen molar-refractivity contribution >= 4 is 27.3 Å². The van der Waals surface area contributed by atoms with E-state index < -0.39 is 21.9 Å². The van der Waals surface area contributed by atoms with E-state index in [0.29, 0.717) is 18.1 Å². The summed E-state index contributed by atoms with van der Waals surface area (Å²) in [4.78, 5) is 8.07. The molecule has 1 aromatic heterocycles. The summed E-state index contributed by atoms with van der Waals surface area (Å²) in [6, 6.07) is 6.52. The zero-order chi connectivity index (χ0) is 21.7. The van der Waals surface area contributed by atoms with E-state index in [0.717, 1.165) is 21.0 Å². The Balaban J connectivity index is 2.15. The maximum Gasteiger partial charge on any atom is 0.434 e. The number of hydrogen-bond acceptors (Lipinski definition) is 5. The van der Waals surface area contributed by atoms with Gasteiger partial charge in [0.25, 0.3) is 0 Å². The first-order valence-corrected chi connectivity index (χ1v) is 10.9. The second kappa shape index (κ2) is 9.55. The van der Waals surface area contributed by atoms with Crippen molar-refractivity contribution in [1.29, 1.82) is 0 Å². The molecule has 0 amide bonds. The number of nitrogens with zero attached hydrogens (tertiary/aromatic N) is 3. The van der Waals surface area contributed by atoms with Crippen molar-refractivity contribution in [3.8, 4) is 0 Å². The summed E-state index contributed by atoms with van der Waals surface area (Å²) in [5.41, 5.74) is -0.420. The van der Waals surface area contributed by atoms with E-state index in [1.54, 1.807) is 18.2 Å². The lowest BCUT2D eigenvalue weighted by molar-refractivity contribution is -0.140. The highest BCUT2D eigenvalue weighted by Gasteiger charge is 2.33. The fourth-order valence-electron chi connectivity index (χ4n) is 2.27. The van der Waals surface area contributed by atoms with Crippen LogP contribution in [0.1, 0.15) is 23.2 Å². The number of aliphatic imine (C=N–C) groups is 1. The molecule has 0 fully saturated rings. The van der Waals surface area contributed by atoms with E-state index >= 15 is 0 Å². The molecule has 0 saturated carbocycles. The molecule has 2 rings (SSSR count). The first-order chi connectivity index (χ1) is 13.6. The van der Waals surface area contributed by atoms with Crippen LogP contribution in [0.25, 0.3) is 0 Å². The van der Waals surface area contributed by atoms with Gasteiger partial charge in [0.2, 0.25) is 10.0 Å². The van der Waals surface area contributed by atoms with Gasteiger partial charge in [-0.05, 0) is 18.6 Å². The molecule has 160 valence electrons. The molecule has 0 aliphatic carbocycles. The van der Waals surface area contributed by atoms with Crippen molar-refractivity contribution < 1.29 is 21.6 Å². The number of hydrogen-bond donors (Lipinski definition) is 2. The van der Waals surface area contributed by atoms with Crippen LogP contribution in [0.2, 0.25) is 0 Å². The van der Waals surface area contributed by atoms with Gasteiger partial charge in [0.1, 0.15) is 5.01 Å². The summed E-state index contributed by atoms with van der Waals surface area (Å²) in [5, 5.41) is 7.11. The highest BCUT2D eigenvalue weighted by molar-refractivity contribution is 7.89. The van der Waals surface area contributed by atoms with Crippen molar-refractivity contribution in [3.63, 3.8) is 0 Å². The summed E-state index contributed by atoms with van der Waals surface area (Å²) < 4.78 is 64.0. The lowest BCUT2D eigenvalue weighted by Gasteiger charge is -2.15. The number of halogens is 3. The van der Waals surface area contributed by atoms with Crippen molar-refractivity contribution in [3.05, 3.63) is 45.9 Å². The zero-order valence-electron chi connectivity index (χ0n) is 16.1. The lowest BCUT2D eigenvalue weighted by atomic mass is 10.2. The standard InChI is InChI=1S/C17H22F3N5O2S2/c1-4-21-16(23-10-15-24-14(11-28-15)17(18,19)20)22-9-12-7-5-6-8-13(12)29(26,27)25(2)3/h5-8,11H,4,9-10H2,1-3H3,(H2,21,22,23). The predicted molar refractivity (Wildman–Crippen MR) is 106 cm³/mol. The number of alkyl halides is 3. The number of thiazole rings is 1. The molecule has 0 atom stereocenters. The van der Waals surface area contributed by atoms with Gasteiger partial charge in [-0.25, -0.2) is 22.7 Å². The molecule has 0 unspecified atom stereocenters. The lowest BCUT2D eigenvalue weighted by Crippen LogP contribution is -2.36. The van der Waals surface area contributed by atoms with Gasteiger partial charge in [-0.2, -0.15) is 13.2 Å². The Morgan fingerprint density at radius 3 is 2.52 bits per heavy atom. The number of rotatable bonds is 7. The molecule has 2 aromatic rings. The summed E-state index contributed by atoms with van der Waals surface area (Å²) in [6.07, 6.45) is -4.48. The second-order valence-corrected chi connectivity index (χ2v) is 9.13. The van der Waals surface area contributed by atoms with Crippen LogP contribution in [0.15, 0.2) is 39.5 Å². The fourth-order valence-corrected chi connectivity index (χ4v) is 4.12. The second-order valence-electron chi connectivity index (χ2n) is 6.07. The van der Waals surface area contributed by atoms with Crippen LogP contribution in [0.5, 0.6) is 0 Å². The average Bonchev–Trinajstić information content (AvgIpc) is 3.13. The minimum absolute atomic E-state index is 0.0597. The summed E-state index contributed by atoms with van der Waals surface area (Å²) in [5.74, 6) is 0.341. The van der Waals surface area contributed by atoms with E-state index in [-0.39, 0.29) is 23.0 Å². The average molecular weight is 450 g/mol. The van der Waals surface area contributed by atoms with Gasteiger partial charge in [0.05, 0.1) is 18.0 Å². The van der Waals surface area contributed by atoms with Crippen molar-refractivity contribution in [2.24, 2.45) is 4.99 Å². The van der Waals surface area contributed by atoms with E-state index in [9.17, 15) is 21.6 Å². The van der Waals surface area contributed by atoms with Crippen LogP contribution in [-0.2, 0) is 29.3 Å². The Labute approximate surface area is 171 Å². The van der Waals surface area contributed by atoms with Gasteiger partial charge in [-0.1, -0.05) is 18.2 Å². The molecule has 0 spiro atoms. The number of sulfonamides is 1. The third-order valence-electron chi connectivity index (χ3n) is 3.73. The van der Waals surface area contributed by atoms with Gasteiger partial charge in [-0.15, -0.1) is 11.3 Å². The minimum atomic E-state index is -4.48. The van der Waals surface area contributed by atoms with Crippen LogP contribution in [0.3, 0.4) is 0 Å². The number of nitrogens with one attached hydrogen (secondary N) is 2. The van der Waals surface area contributed by atoms with Crippen LogP contribution in [0.4, 0.5) is 13.2 Å². The Kier molecular flexibility index (Phi) is 7.60. The first-order valence-electron chi connectivity index (χ1n) is 8.60. The molecule has 12 heteroatoms. The maximum atomic E-state index is 12.7. The number of aromatic nitrogens is 1. The van der Waals surface area contributed by atoms with E-state index in [4.69, 9.17) is 0 Å². The third kappa shape index (κ3) is 6.15. The smallest absolute Gasteiger partial charge is 0.357 e. The summed E-state index contributed by atoms with van der Waals surface area (Å²) in [6.45, 7) is 2.50. The van der Waals surface area contributed by atoms with Crippen LogP contribution in [-0.4, -0.2) is 44.3 Å². The molecule has 0 radical (unpaired) electrons. The Morgan fingerprint density at radius 2 is 1.93 bits per heavy atom. The van der Waals surface area contributed by atoms with Gasteiger partial charge in [0.15, 0.2) is 11.7 Å².